The largest absolute Gasteiger partial charge is 0.485 e. The maximum atomic E-state index is 12.5. The summed E-state index contributed by atoms with van der Waals surface area (Å²) in [5.41, 5.74) is 0. The van der Waals surface area contributed by atoms with E-state index in [-0.39, 0.29) is 12.5 Å². The number of benzene rings is 1. The molecule has 1 N–H and O–H groups in total. The van der Waals surface area contributed by atoms with Crippen LogP contribution in [0.4, 0.5) is 0 Å². The highest BCUT2D eigenvalue weighted by Gasteiger charge is 2.30. The first-order chi connectivity index (χ1) is 10.2. The number of fused-ring (bicyclic) bond motifs is 1. The van der Waals surface area contributed by atoms with Crippen molar-refractivity contribution < 1.29 is 14.3 Å². The Morgan fingerprint density at radius 3 is 2.90 bits per heavy atom. The Hall–Kier alpha value is -1.75. The standard InChI is InChI=1S/C16H22N2O3/c1-18(10-12-6-4-5-9-17-12)16(19)15-11-20-13-7-2-3-8-14(13)21-15/h2-3,7-8,12,15,17H,4-6,9-11H2,1H3/t12-,15-/m0/s1. The molecular weight excluding hydrogens is 268 g/mol. The molecule has 2 atom stereocenters. The molecule has 2 aliphatic heterocycles. The highest BCUT2D eigenvalue weighted by molar-refractivity contribution is 5.81. The van der Waals surface area contributed by atoms with Crippen LogP contribution >= 0.6 is 0 Å². The lowest BCUT2D eigenvalue weighted by Gasteiger charge is -2.32. The van der Waals surface area contributed by atoms with E-state index in [0.29, 0.717) is 17.5 Å². The average Bonchev–Trinajstić information content (AvgIpc) is 2.54. The van der Waals surface area contributed by atoms with Gasteiger partial charge in [-0.05, 0) is 31.5 Å². The predicted molar refractivity (Wildman–Crippen MR) is 79.6 cm³/mol. The van der Waals surface area contributed by atoms with Crippen LogP contribution in [0.5, 0.6) is 11.5 Å². The number of carbonyl (C=O) groups is 1. The summed E-state index contributed by atoms with van der Waals surface area (Å²) < 4.78 is 11.4. The van der Waals surface area contributed by atoms with Gasteiger partial charge in [-0.3, -0.25) is 4.79 Å². The molecule has 114 valence electrons. The lowest BCUT2D eigenvalue weighted by atomic mass is 10.0. The summed E-state index contributed by atoms with van der Waals surface area (Å²) in [6.45, 7) is 2.04. The fourth-order valence-corrected chi connectivity index (χ4v) is 2.89. The number of para-hydroxylation sites is 2. The summed E-state index contributed by atoms with van der Waals surface area (Å²) in [7, 11) is 1.84. The van der Waals surface area contributed by atoms with Crippen LogP contribution < -0.4 is 14.8 Å². The normalized spacial score (nSPS) is 24.4. The van der Waals surface area contributed by atoms with Gasteiger partial charge >= 0.3 is 0 Å². The molecule has 2 heterocycles. The van der Waals surface area contributed by atoms with Gasteiger partial charge in [0.1, 0.15) is 6.61 Å². The van der Waals surface area contributed by atoms with Gasteiger partial charge in [-0.25, -0.2) is 0 Å². The molecule has 1 aromatic carbocycles. The monoisotopic (exact) mass is 290 g/mol. The minimum absolute atomic E-state index is 0.0168. The van der Waals surface area contributed by atoms with Crippen molar-refractivity contribution in [2.45, 2.75) is 31.4 Å². The molecule has 0 aromatic heterocycles. The maximum absolute atomic E-state index is 12.5. The molecule has 0 unspecified atom stereocenters. The number of nitrogens with zero attached hydrogens (tertiary/aromatic N) is 1. The number of ether oxygens (including phenoxy) is 2. The Labute approximate surface area is 125 Å². The molecule has 21 heavy (non-hydrogen) atoms. The van der Waals surface area contributed by atoms with E-state index in [4.69, 9.17) is 9.47 Å². The lowest BCUT2D eigenvalue weighted by Crippen LogP contribution is -2.50. The van der Waals surface area contributed by atoms with Crippen molar-refractivity contribution in [2.24, 2.45) is 0 Å². The third-order valence-corrected chi connectivity index (χ3v) is 4.07. The molecule has 0 radical (unpaired) electrons. The van der Waals surface area contributed by atoms with Gasteiger partial charge in [0.05, 0.1) is 0 Å². The molecular formula is C16H22N2O3. The highest BCUT2D eigenvalue weighted by atomic mass is 16.6. The van der Waals surface area contributed by atoms with Gasteiger partial charge in [0, 0.05) is 19.6 Å². The van der Waals surface area contributed by atoms with Crippen molar-refractivity contribution in [3.8, 4) is 11.5 Å². The third kappa shape index (κ3) is 3.29. The van der Waals surface area contributed by atoms with Crippen molar-refractivity contribution in [2.75, 3.05) is 26.7 Å². The van der Waals surface area contributed by atoms with Crippen molar-refractivity contribution in [3.05, 3.63) is 24.3 Å². The first-order valence-corrected chi connectivity index (χ1v) is 7.61. The van der Waals surface area contributed by atoms with E-state index in [1.807, 2.05) is 31.3 Å². The minimum atomic E-state index is -0.548. The average molecular weight is 290 g/mol. The molecule has 5 nitrogen and oxygen atoms in total. The number of amides is 1. The van der Waals surface area contributed by atoms with E-state index in [2.05, 4.69) is 5.32 Å². The van der Waals surface area contributed by atoms with Gasteiger partial charge in [-0.1, -0.05) is 18.6 Å². The first-order valence-electron chi connectivity index (χ1n) is 7.61. The van der Waals surface area contributed by atoms with Gasteiger partial charge in [-0.15, -0.1) is 0 Å². The molecule has 1 amide bonds. The Kier molecular flexibility index (Phi) is 4.29. The number of hydrogen-bond acceptors (Lipinski definition) is 4. The van der Waals surface area contributed by atoms with E-state index < -0.39 is 6.10 Å². The minimum Gasteiger partial charge on any atom is -0.485 e. The van der Waals surface area contributed by atoms with Crippen LogP contribution in [0.25, 0.3) is 0 Å². The maximum Gasteiger partial charge on any atom is 0.267 e. The molecule has 0 bridgehead atoms. The number of rotatable bonds is 3. The number of piperidine rings is 1. The number of likely N-dealkylation sites (N-methyl/N-ethyl adjacent to an activating group) is 1. The second-order valence-corrected chi connectivity index (χ2v) is 5.73. The number of nitrogens with one attached hydrogen (secondary N) is 1. The molecule has 0 spiro atoms. The predicted octanol–water partition coefficient (Wildman–Crippen LogP) is 1.43. The van der Waals surface area contributed by atoms with Crippen LogP contribution in [-0.4, -0.2) is 49.7 Å². The van der Waals surface area contributed by atoms with Crippen molar-refractivity contribution in [1.29, 1.82) is 0 Å². The van der Waals surface area contributed by atoms with Crippen LogP contribution in [0.3, 0.4) is 0 Å². The zero-order valence-corrected chi connectivity index (χ0v) is 12.4. The molecule has 1 fully saturated rings. The van der Waals surface area contributed by atoms with Crippen molar-refractivity contribution in [3.63, 3.8) is 0 Å². The summed E-state index contributed by atoms with van der Waals surface area (Å²) in [5, 5.41) is 3.46. The fraction of sp³-hybridized carbons (Fsp3) is 0.562. The Morgan fingerprint density at radius 2 is 2.14 bits per heavy atom. The smallest absolute Gasteiger partial charge is 0.267 e. The van der Waals surface area contributed by atoms with Gasteiger partial charge in [0.15, 0.2) is 11.5 Å². The topological polar surface area (TPSA) is 50.8 Å². The van der Waals surface area contributed by atoms with Crippen LogP contribution in [0.15, 0.2) is 24.3 Å². The number of hydrogen-bond donors (Lipinski definition) is 1. The number of carbonyl (C=O) groups excluding carboxylic acids is 1. The highest BCUT2D eigenvalue weighted by Crippen LogP contribution is 2.31. The Balaban J connectivity index is 1.58. The zero-order valence-electron chi connectivity index (χ0n) is 12.4. The van der Waals surface area contributed by atoms with E-state index in [1.54, 1.807) is 4.90 Å². The van der Waals surface area contributed by atoms with Crippen molar-refractivity contribution >= 4 is 5.91 Å². The first kappa shape index (κ1) is 14.2. The third-order valence-electron chi connectivity index (χ3n) is 4.07. The van der Waals surface area contributed by atoms with Gasteiger partial charge < -0.3 is 19.7 Å². The molecule has 1 aromatic rings. The SMILES string of the molecule is CN(C[C@@H]1CCCCN1)C(=O)[C@@H]1COc2ccccc2O1. The van der Waals surface area contributed by atoms with Crippen LogP contribution in [0.1, 0.15) is 19.3 Å². The molecule has 2 aliphatic rings. The van der Waals surface area contributed by atoms with Crippen LogP contribution in [-0.2, 0) is 4.79 Å². The molecule has 0 aliphatic carbocycles. The second-order valence-electron chi connectivity index (χ2n) is 5.73. The zero-order chi connectivity index (χ0) is 14.7. The fourth-order valence-electron chi connectivity index (χ4n) is 2.89. The molecule has 5 heteroatoms. The summed E-state index contributed by atoms with van der Waals surface area (Å²) in [6.07, 6.45) is 3.04. The molecule has 3 rings (SSSR count). The van der Waals surface area contributed by atoms with Crippen LogP contribution in [0, 0.1) is 0 Å². The summed E-state index contributed by atoms with van der Waals surface area (Å²) in [6, 6.07) is 7.85. The van der Waals surface area contributed by atoms with Crippen molar-refractivity contribution in [1.82, 2.24) is 10.2 Å². The summed E-state index contributed by atoms with van der Waals surface area (Å²) in [4.78, 5) is 14.2. The van der Waals surface area contributed by atoms with Gasteiger partial charge in [-0.2, -0.15) is 0 Å². The summed E-state index contributed by atoms with van der Waals surface area (Å²) in [5.74, 6) is 1.33. The molecule has 1 saturated heterocycles. The quantitative estimate of drug-likeness (QED) is 0.915. The lowest BCUT2D eigenvalue weighted by molar-refractivity contribution is -0.140. The Morgan fingerprint density at radius 1 is 1.33 bits per heavy atom. The van der Waals surface area contributed by atoms with Crippen LogP contribution in [0.2, 0.25) is 0 Å². The van der Waals surface area contributed by atoms with Gasteiger partial charge in [0.25, 0.3) is 5.91 Å². The second kappa shape index (κ2) is 6.35. The van der Waals surface area contributed by atoms with E-state index in [9.17, 15) is 4.79 Å². The van der Waals surface area contributed by atoms with Gasteiger partial charge in [0.2, 0.25) is 6.10 Å². The van der Waals surface area contributed by atoms with E-state index >= 15 is 0 Å². The summed E-state index contributed by atoms with van der Waals surface area (Å²) >= 11 is 0. The van der Waals surface area contributed by atoms with E-state index in [1.165, 1.54) is 12.8 Å². The molecule has 0 saturated carbocycles. The Bertz CT molecular complexity index is 500. The van der Waals surface area contributed by atoms with E-state index in [0.717, 1.165) is 19.5 Å².